The van der Waals surface area contributed by atoms with Crippen molar-refractivity contribution >= 4 is 47.5 Å². The number of rotatable bonds is 13. The number of carboxylic acid groups (broad SMARTS) is 1. The first kappa shape index (κ1) is 47.4. The Morgan fingerprint density at radius 1 is 0.791 bits per heavy atom. The summed E-state index contributed by atoms with van der Waals surface area (Å²) < 4.78 is 26.6. The van der Waals surface area contributed by atoms with E-state index in [-0.39, 0.29) is 36.4 Å². The first-order valence-corrected chi connectivity index (χ1v) is 21.4. The van der Waals surface area contributed by atoms with E-state index >= 15 is 4.79 Å². The fraction of sp³-hybridized carbons (Fsp3) is 0.340. The number of nitrogens with zero attached hydrogens (tertiary/aromatic N) is 2. The molecular formula is C50H49N3O14. The molecule has 3 heterocycles. The number of hydrogen-bond donors (Lipinski definition) is 3. The molecule has 4 aromatic carbocycles. The highest BCUT2D eigenvalue weighted by Crippen LogP contribution is 2.66. The minimum Gasteiger partial charge on any atom is -0.491 e. The van der Waals surface area contributed by atoms with Crippen LogP contribution in [0.4, 0.5) is 10.5 Å². The molecule has 3 amide bonds. The van der Waals surface area contributed by atoms with E-state index in [0.29, 0.717) is 22.4 Å². The molecule has 2 saturated heterocycles. The van der Waals surface area contributed by atoms with Gasteiger partial charge in [0.2, 0.25) is 5.91 Å². The van der Waals surface area contributed by atoms with Crippen LogP contribution in [0.15, 0.2) is 103 Å². The number of hydrogen-bond acceptors (Lipinski definition) is 14. The third-order valence-corrected chi connectivity index (χ3v) is 12.4. The molecule has 1 spiro atoms. The van der Waals surface area contributed by atoms with Gasteiger partial charge in [0, 0.05) is 12.0 Å². The van der Waals surface area contributed by atoms with Crippen molar-refractivity contribution in [1.82, 2.24) is 10.2 Å². The van der Waals surface area contributed by atoms with Gasteiger partial charge in [-0.3, -0.25) is 28.9 Å². The number of carboxylic acids is 1. The molecule has 67 heavy (non-hydrogen) atoms. The van der Waals surface area contributed by atoms with Crippen LogP contribution < -0.4 is 15.0 Å². The number of carbonyl (C=O) groups excluding carboxylic acids is 6. The van der Waals surface area contributed by atoms with Gasteiger partial charge in [0.25, 0.3) is 0 Å². The molecule has 2 fully saturated rings. The van der Waals surface area contributed by atoms with Gasteiger partial charge in [-0.2, -0.15) is 0 Å². The molecule has 3 aliphatic heterocycles. The van der Waals surface area contributed by atoms with E-state index in [2.05, 4.69) is 17.2 Å². The quantitative estimate of drug-likeness (QED) is 0.0731. The summed E-state index contributed by atoms with van der Waals surface area (Å²) in [6.07, 6.45) is -1.38. The van der Waals surface area contributed by atoms with Gasteiger partial charge in [-0.1, -0.05) is 98.5 Å². The molecule has 0 saturated carbocycles. The zero-order valence-corrected chi connectivity index (χ0v) is 37.2. The molecule has 348 valence electrons. The number of nitrogens with one attached hydrogen (secondary N) is 1. The molecule has 7 atom stereocenters. The number of urea groups is 1. The Bertz CT molecular complexity index is 2590. The van der Waals surface area contributed by atoms with Crippen LogP contribution >= 0.6 is 0 Å². The number of benzene rings is 4. The number of aliphatic hydroxyl groups excluding tert-OH is 1. The van der Waals surface area contributed by atoms with Crippen molar-refractivity contribution in [3.63, 3.8) is 0 Å². The number of aliphatic hydroxyl groups is 1. The van der Waals surface area contributed by atoms with Crippen molar-refractivity contribution in [1.29, 1.82) is 0 Å². The number of methoxy groups -OCH3 is 3. The van der Waals surface area contributed by atoms with Crippen LogP contribution in [0.5, 0.6) is 5.75 Å². The standard InChI is InChI=1S/C50H49N3O14/c1-28(2)38(46(59)65-5)51-49(62)52-36-24-19-29(13-12-18-34(44(57)63-3)45(58)64-4)27-35(36)50(48(52)61)37(43(55)56)40-47(60)67-41(31-16-10-7-11-17-31)39(30-14-8-6-9-15-30)53(40)42(50)32-20-22-33(23-21-32)66-26-25-54/h6-11,14-17,19-24,27-28,34,37-42,54H,18,25-26H2,1-5H3,(H,51,62)(H,55,56)/t37-,38+,39-,40-,41+,42+,50-/m1/s1. The highest BCUT2D eigenvalue weighted by molar-refractivity contribution is 6.24. The molecule has 0 unspecified atom stereocenters. The van der Waals surface area contributed by atoms with Crippen molar-refractivity contribution in [3.05, 3.63) is 131 Å². The van der Waals surface area contributed by atoms with Gasteiger partial charge in [0.05, 0.1) is 45.7 Å². The first-order chi connectivity index (χ1) is 32.2. The van der Waals surface area contributed by atoms with Gasteiger partial charge in [0.15, 0.2) is 5.92 Å². The largest absolute Gasteiger partial charge is 0.491 e. The number of amides is 3. The number of aliphatic carboxylic acids is 1. The second kappa shape index (κ2) is 19.9. The molecule has 3 aliphatic rings. The molecule has 4 aromatic rings. The molecule has 17 heteroatoms. The average molecular weight is 916 g/mol. The number of fused-ring (bicyclic) bond motifs is 3. The van der Waals surface area contributed by atoms with E-state index in [1.807, 2.05) is 12.1 Å². The van der Waals surface area contributed by atoms with Crippen molar-refractivity contribution in [2.24, 2.45) is 17.8 Å². The van der Waals surface area contributed by atoms with E-state index < -0.39 is 95.2 Å². The number of ether oxygens (including phenoxy) is 5. The molecule has 0 aliphatic carbocycles. The third kappa shape index (κ3) is 8.57. The number of cyclic esters (lactones) is 1. The predicted molar refractivity (Wildman–Crippen MR) is 237 cm³/mol. The Morgan fingerprint density at radius 2 is 1.40 bits per heavy atom. The summed E-state index contributed by atoms with van der Waals surface area (Å²) in [5.74, 6) is -3.92. The lowest BCUT2D eigenvalue weighted by molar-refractivity contribution is -0.179. The molecule has 3 N–H and O–H groups in total. The maximum Gasteiger partial charge on any atom is 0.329 e. The van der Waals surface area contributed by atoms with Gasteiger partial charge in [-0.25, -0.2) is 14.5 Å². The van der Waals surface area contributed by atoms with Gasteiger partial charge in [-0.05, 0) is 58.5 Å². The van der Waals surface area contributed by atoms with Gasteiger partial charge >= 0.3 is 35.9 Å². The topological polar surface area (TPSA) is 225 Å². The highest BCUT2D eigenvalue weighted by Gasteiger charge is 2.76. The number of anilines is 1. The predicted octanol–water partition coefficient (Wildman–Crippen LogP) is 4.42. The summed E-state index contributed by atoms with van der Waals surface area (Å²) in [4.78, 5) is 101. The summed E-state index contributed by atoms with van der Waals surface area (Å²) in [6, 6.07) is 22.4. The second-order valence-corrected chi connectivity index (χ2v) is 16.4. The van der Waals surface area contributed by atoms with Gasteiger partial charge in [-0.15, -0.1) is 0 Å². The normalized spacial score (nSPS) is 22.2. The van der Waals surface area contributed by atoms with Crippen molar-refractivity contribution < 1.29 is 67.5 Å². The van der Waals surface area contributed by atoms with Crippen LogP contribution in [0, 0.1) is 29.6 Å². The van der Waals surface area contributed by atoms with Gasteiger partial charge < -0.3 is 39.2 Å². The first-order valence-electron chi connectivity index (χ1n) is 21.4. The molecule has 0 radical (unpaired) electrons. The summed E-state index contributed by atoms with van der Waals surface area (Å²) in [6.45, 7) is 3.01. The fourth-order valence-corrected chi connectivity index (χ4v) is 9.50. The smallest absolute Gasteiger partial charge is 0.329 e. The van der Waals surface area contributed by atoms with Crippen molar-refractivity contribution in [3.8, 4) is 17.6 Å². The fourth-order valence-electron chi connectivity index (χ4n) is 9.50. The zero-order chi connectivity index (χ0) is 48.2. The van der Waals surface area contributed by atoms with Crippen LogP contribution in [-0.4, -0.2) is 104 Å². The minimum absolute atomic E-state index is 0.000573. The van der Waals surface area contributed by atoms with Crippen LogP contribution in [-0.2, 0) is 53.1 Å². The van der Waals surface area contributed by atoms with Crippen LogP contribution in [0.1, 0.15) is 66.3 Å². The number of carbonyl (C=O) groups is 7. The zero-order valence-electron chi connectivity index (χ0n) is 37.2. The second-order valence-electron chi connectivity index (χ2n) is 16.4. The van der Waals surface area contributed by atoms with Crippen molar-refractivity contribution in [2.45, 2.75) is 56.0 Å². The number of morpholine rings is 1. The minimum atomic E-state index is -2.34. The van der Waals surface area contributed by atoms with Gasteiger partial charge in [0.1, 0.15) is 41.9 Å². The van der Waals surface area contributed by atoms with E-state index in [1.165, 1.54) is 18.2 Å². The number of imide groups is 1. The van der Waals surface area contributed by atoms with Crippen molar-refractivity contribution in [2.75, 3.05) is 39.4 Å². The number of esters is 4. The summed E-state index contributed by atoms with van der Waals surface area (Å²) >= 11 is 0. The maximum atomic E-state index is 16.1. The maximum absolute atomic E-state index is 16.1. The monoisotopic (exact) mass is 915 g/mol. The molecule has 17 nitrogen and oxygen atoms in total. The molecule has 7 rings (SSSR count). The Hall–Kier alpha value is -7.55. The lowest BCUT2D eigenvalue weighted by Crippen LogP contribution is -2.56. The van der Waals surface area contributed by atoms with Crippen LogP contribution in [0.2, 0.25) is 0 Å². The van der Waals surface area contributed by atoms with E-state index in [4.69, 9.17) is 23.7 Å². The summed E-state index contributed by atoms with van der Waals surface area (Å²) in [5, 5.41) is 23.8. The Balaban J connectivity index is 1.53. The molecular weight excluding hydrogens is 867 g/mol. The van der Waals surface area contributed by atoms with Crippen LogP contribution in [0.3, 0.4) is 0 Å². The molecule has 0 bridgehead atoms. The molecule has 0 aromatic heterocycles. The Morgan fingerprint density at radius 3 is 1.97 bits per heavy atom. The third-order valence-electron chi connectivity index (χ3n) is 12.4. The van der Waals surface area contributed by atoms with E-state index in [1.54, 1.807) is 91.5 Å². The lowest BCUT2D eigenvalue weighted by Gasteiger charge is -2.46. The summed E-state index contributed by atoms with van der Waals surface area (Å²) in [7, 11) is 3.37. The van der Waals surface area contributed by atoms with E-state index in [9.17, 15) is 39.0 Å². The van der Waals surface area contributed by atoms with Crippen LogP contribution in [0.25, 0.3) is 0 Å². The Labute approximate surface area is 385 Å². The average Bonchev–Trinajstić information content (AvgIpc) is 3.80. The Kier molecular flexibility index (Phi) is 14.1. The SMILES string of the molecule is COC(=O)C(CC#Cc1ccc2c(c1)[C@]1(C(=O)N2C(=O)N[C@H](C(=O)OC)C(C)C)[C@H](c2ccc(OCCO)cc2)N2[C@H](c3ccccc3)[C@H](c3ccccc3)OC(=O)[C@H]2[C@@H]1C(=O)O)C(=O)OC. The highest BCUT2D eigenvalue weighted by atomic mass is 16.6. The summed E-state index contributed by atoms with van der Waals surface area (Å²) in [5.41, 5.74) is -0.679. The lowest BCUT2D eigenvalue weighted by atomic mass is 9.65. The van der Waals surface area contributed by atoms with E-state index in [0.717, 1.165) is 26.2 Å².